The van der Waals surface area contributed by atoms with Gasteiger partial charge in [0.2, 0.25) is 5.91 Å². The van der Waals surface area contributed by atoms with Crippen LogP contribution in [-0.4, -0.2) is 37.2 Å². The lowest BCUT2D eigenvalue weighted by atomic mass is 9.79. The highest BCUT2D eigenvalue weighted by Gasteiger charge is 2.37. The number of amides is 1. The topological polar surface area (TPSA) is 75.6 Å². The molecule has 1 atom stereocenters. The van der Waals surface area contributed by atoms with Crippen molar-refractivity contribution in [2.45, 2.75) is 45.4 Å². The van der Waals surface area contributed by atoms with Gasteiger partial charge in [-0.2, -0.15) is 0 Å². The maximum atomic E-state index is 11.9. The van der Waals surface area contributed by atoms with Crippen molar-refractivity contribution in [2.24, 2.45) is 11.3 Å². The Morgan fingerprint density at radius 3 is 2.47 bits per heavy atom. The van der Waals surface area contributed by atoms with E-state index in [1.807, 2.05) is 6.92 Å². The van der Waals surface area contributed by atoms with Crippen LogP contribution >= 0.6 is 0 Å². The SMILES string of the molecule is COCC(C)CNC(=O)CC1(CC(=O)O)CCCC1. The quantitative estimate of drug-likeness (QED) is 0.706. The summed E-state index contributed by atoms with van der Waals surface area (Å²) in [5.74, 6) is -0.568. The molecule has 1 saturated carbocycles. The molecule has 1 unspecified atom stereocenters. The van der Waals surface area contributed by atoms with Gasteiger partial charge in [-0.15, -0.1) is 0 Å². The van der Waals surface area contributed by atoms with Crippen molar-refractivity contribution >= 4 is 11.9 Å². The van der Waals surface area contributed by atoms with Gasteiger partial charge in [-0.3, -0.25) is 9.59 Å². The van der Waals surface area contributed by atoms with E-state index in [-0.39, 0.29) is 23.7 Å². The summed E-state index contributed by atoms with van der Waals surface area (Å²) in [6.45, 7) is 3.20. The highest BCUT2D eigenvalue weighted by Crippen LogP contribution is 2.43. The lowest BCUT2D eigenvalue weighted by Crippen LogP contribution is -2.35. The number of hydrogen-bond donors (Lipinski definition) is 2. The molecule has 0 aromatic carbocycles. The molecule has 19 heavy (non-hydrogen) atoms. The molecule has 1 aliphatic carbocycles. The zero-order valence-corrected chi connectivity index (χ0v) is 11.9. The van der Waals surface area contributed by atoms with E-state index in [1.54, 1.807) is 7.11 Å². The van der Waals surface area contributed by atoms with Gasteiger partial charge in [-0.25, -0.2) is 0 Å². The molecule has 0 saturated heterocycles. The summed E-state index contributed by atoms with van der Waals surface area (Å²) >= 11 is 0. The molecule has 0 radical (unpaired) electrons. The van der Waals surface area contributed by atoms with Gasteiger partial charge in [-0.05, 0) is 24.2 Å². The number of aliphatic carboxylic acids is 1. The minimum Gasteiger partial charge on any atom is -0.481 e. The third kappa shape index (κ3) is 5.59. The highest BCUT2D eigenvalue weighted by molar-refractivity contribution is 5.78. The predicted octanol–water partition coefficient (Wildman–Crippen LogP) is 1.81. The van der Waals surface area contributed by atoms with E-state index in [4.69, 9.17) is 9.84 Å². The number of rotatable bonds is 8. The van der Waals surface area contributed by atoms with E-state index in [2.05, 4.69) is 5.32 Å². The first-order chi connectivity index (χ1) is 8.97. The van der Waals surface area contributed by atoms with Crippen molar-refractivity contribution < 1.29 is 19.4 Å². The van der Waals surface area contributed by atoms with Crippen molar-refractivity contribution in [3.05, 3.63) is 0 Å². The Morgan fingerprint density at radius 1 is 1.32 bits per heavy atom. The summed E-state index contributed by atoms with van der Waals surface area (Å²) in [6, 6.07) is 0. The Balaban J connectivity index is 2.41. The van der Waals surface area contributed by atoms with E-state index in [0.717, 1.165) is 25.7 Å². The molecule has 2 N–H and O–H groups in total. The van der Waals surface area contributed by atoms with E-state index >= 15 is 0 Å². The molecule has 0 aromatic rings. The van der Waals surface area contributed by atoms with Crippen molar-refractivity contribution in [3.8, 4) is 0 Å². The third-order valence-electron chi connectivity index (χ3n) is 3.82. The van der Waals surface area contributed by atoms with E-state index in [1.165, 1.54) is 0 Å². The smallest absolute Gasteiger partial charge is 0.303 e. The summed E-state index contributed by atoms with van der Waals surface area (Å²) in [5.41, 5.74) is -0.319. The fraction of sp³-hybridized carbons (Fsp3) is 0.857. The predicted molar refractivity (Wildman–Crippen MR) is 71.8 cm³/mol. The zero-order valence-electron chi connectivity index (χ0n) is 11.9. The monoisotopic (exact) mass is 271 g/mol. The first-order valence-corrected chi connectivity index (χ1v) is 6.95. The average molecular weight is 271 g/mol. The van der Waals surface area contributed by atoms with Crippen molar-refractivity contribution in [2.75, 3.05) is 20.3 Å². The Hall–Kier alpha value is -1.10. The van der Waals surface area contributed by atoms with Crippen LogP contribution < -0.4 is 5.32 Å². The lowest BCUT2D eigenvalue weighted by molar-refractivity contribution is -0.140. The van der Waals surface area contributed by atoms with Crippen LogP contribution in [0.2, 0.25) is 0 Å². The molecular weight excluding hydrogens is 246 g/mol. The normalized spacial score (nSPS) is 19.1. The van der Waals surface area contributed by atoms with Crippen LogP contribution in [0.1, 0.15) is 45.4 Å². The van der Waals surface area contributed by atoms with Gasteiger partial charge in [0.1, 0.15) is 0 Å². The van der Waals surface area contributed by atoms with Crippen LogP contribution in [-0.2, 0) is 14.3 Å². The Bertz CT molecular complexity index is 311. The van der Waals surface area contributed by atoms with Crippen LogP contribution in [0, 0.1) is 11.3 Å². The van der Waals surface area contributed by atoms with E-state index in [9.17, 15) is 9.59 Å². The molecule has 1 rings (SSSR count). The number of carboxylic acid groups (broad SMARTS) is 1. The number of methoxy groups -OCH3 is 1. The van der Waals surface area contributed by atoms with Gasteiger partial charge in [0.25, 0.3) is 0 Å². The minimum atomic E-state index is -0.803. The Labute approximate surface area is 114 Å². The summed E-state index contributed by atoms with van der Waals surface area (Å²) in [4.78, 5) is 22.9. The summed E-state index contributed by atoms with van der Waals surface area (Å²) in [5, 5.41) is 11.9. The van der Waals surface area contributed by atoms with Gasteiger partial charge in [0, 0.05) is 20.1 Å². The molecular formula is C14H25NO4. The number of hydrogen-bond acceptors (Lipinski definition) is 3. The second-order valence-electron chi connectivity index (χ2n) is 5.82. The fourth-order valence-corrected chi connectivity index (χ4v) is 2.90. The van der Waals surface area contributed by atoms with Gasteiger partial charge >= 0.3 is 5.97 Å². The molecule has 0 heterocycles. The molecule has 0 spiro atoms. The summed E-state index contributed by atoms with van der Waals surface area (Å²) in [7, 11) is 1.64. The number of carboxylic acids is 1. The van der Waals surface area contributed by atoms with Gasteiger partial charge in [0.15, 0.2) is 0 Å². The molecule has 1 aliphatic rings. The molecule has 1 fully saturated rings. The van der Waals surface area contributed by atoms with Gasteiger partial charge < -0.3 is 15.2 Å². The molecule has 5 nitrogen and oxygen atoms in total. The van der Waals surface area contributed by atoms with Crippen LogP contribution in [0.25, 0.3) is 0 Å². The number of carbonyl (C=O) groups is 2. The number of carbonyl (C=O) groups excluding carboxylic acids is 1. The minimum absolute atomic E-state index is 0.0360. The Morgan fingerprint density at radius 2 is 1.95 bits per heavy atom. The Kier molecular flexibility index (Phi) is 6.28. The molecule has 110 valence electrons. The molecule has 1 amide bonds. The van der Waals surface area contributed by atoms with Crippen LogP contribution in [0.4, 0.5) is 0 Å². The van der Waals surface area contributed by atoms with Crippen LogP contribution in [0.5, 0.6) is 0 Å². The second kappa shape index (κ2) is 7.48. The maximum absolute atomic E-state index is 11.9. The van der Waals surface area contributed by atoms with Crippen molar-refractivity contribution in [1.82, 2.24) is 5.32 Å². The average Bonchev–Trinajstić information content (AvgIpc) is 2.74. The van der Waals surface area contributed by atoms with Crippen molar-refractivity contribution in [3.63, 3.8) is 0 Å². The van der Waals surface area contributed by atoms with Crippen molar-refractivity contribution in [1.29, 1.82) is 0 Å². The first-order valence-electron chi connectivity index (χ1n) is 6.95. The van der Waals surface area contributed by atoms with Gasteiger partial charge in [-0.1, -0.05) is 19.8 Å². The summed E-state index contributed by atoms with van der Waals surface area (Å²) < 4.78 is 5.01. The van der Waals surface area contributed by atoms with E-state index < -0.39 is 5.97 Å². The third-order valence-corrected chi connectivity index (χ3v) is 3.82. The van der Waals surface area contributed by atoms with E-state index in [0.29, 0.717) is 19.6 Å². The molecule has 5 heteroatoms. The van der Waals surface area contributed by atoms with Crippen LogP contribution in [0.15, 0.2) is 0 Å². The highest BCUT2D eigenvalue weighted by atomic mass is 16.5. The second-order valence-corrected chi connectivity index (χ2v) is 5.82. The number of ether oxygens (including phenoxy) is 1. The number of nitrogens with one attached hydrogen (secondary N) is 1. The molecule has 0 bridgehead atoms. The van der Waals surface area contributed by atoms with Gasteiger partial charge in [0.05, 0.1) is 13.0 Å². The summed E-state index contributed by atoms with van der Waals surface area (Å²) in [6.07, 6.45) is 4.19. The largest absolute Gasteiger partial charge is 0.481 e. The lowest BCUT2D eigenvalue weighted by Gasteiger charge is -2.26. The standard InChI is InChI=1S/C14H25NO4/c1-11(10-19-2)9-15-12(16)7-14(8-13(17)18)5-3-4-6-14/h11H,3-10H2,1-2H3,(H,15,16)(H,17,18). The first kappa shape index (κ1) is 16.0. The molecule has 0 aromatic heterocycles. The van der Waals surface area contributed by atoms with Crippen LogP contribution in [0.3, 0.4) is 0 Å². The molecule has 0 aliphatic heterocycles. The fourth-order valence-electron chi connectivity index (χ4n) is 2.90. The maximum Gasteiger partial charge on any atom is 0.303 e. The zero-order chi connectivity index (χ0) is 14.3.